The third-order valence-corrected chi connectivity index (χ3v) is 3.70. The molecule has 0 bridgehead atoms. The summed E-state index contributed by atoms with van der Waals surface area (Å²) in [5.74, 6) is 0. The fourth-order valence-electron chi connectivity index (χ4n) is 1.46. The second-order valence-corrected chi connectivity index (χ2v) is 5.44. The summed E-state index contributed by atoms with van der Waals surface area (Å²) in [4.78, 5) is 2.58. The average molecular weight is 293 g/mol. The molecule has 0 aromatic heterocycles. The molecule has 0 heterocycles. The maximum atomic E-state index is 3.45. The summed E-state index contributed by atoms with van der Waals surface area (Å²) in [6.07, 6.45) is 1.09. The van der Waals surface area contributed by atoms with Crippen LogP contribution in [0.5, 0.6) is 0 Å². The van der Waals surface area contributed by atoms with Crippen LogP contribution in [-0.2, 0) is 6.42 Å². The summed E-state index contributed by atoms with van der Waals surface area (Å²) < 4.78 is 0. The van der Waals surface area contributed by atoms with E-state index in [2.05, 4.69) is 64.5 Å². The van der Waals surface area contributed by atoms with E-state index in [-0.39, 0.29) is 0 Å². The molecule has 0 aliphatic carbocycles. The van der Waals surface area contributed by atoms with Crippen molar-refractivity contribution < 1.29 is 0 Å². The first-order valence-electron chi connectivity index (χ1n) is 5.26. The monoisotopic (exact) mass is 292 g/mol. The van der Waals surface area contributed by atoms with Crippen molar-refractivity contribution in [2.45, 2.75) is 16.2 Å². The molecule has 2 aromatic rings. The van der Waals surface area contributed by atoms with Gasteiger partial charge in [-0.05, 0) is 36.2 Å². The minimum atomic E-state index is 1.03. The quantitative estimate of drug-likeness (QED) is 0.731. The van der Waals surface area contributed by atoms with Gasteiger partial charge in [-0.1, -0.05) is 58.0 Å². The van der Waals surface area contributed by atoms with E-state index in [1.165, 1.54) is 15.4 Å². The Morgan fingerprint density at radius 2 is 1.44 bits per heavy atom. The summed E-state index contributed by atoms with van der Waals surface area (Å²) in [6.45, 7) is 0. The Hall–Kier alpha value is -0.730. The van der Waals surface area contributed by atoms with Crippen LogP contribution in [0.25, 0.3) is 0 Å². The van der Waals surface area contributed by atoms with Crippen LogP contribution >= 0.6 is 27.7 Å². The van der Waals surface area contributed by atoms with Crippen LogP contribution in [-0.4, -0.2) is 5.33 Å². The highest BCUT2D eigenvalue weighted by atomic mass is 79.9. The van der Waals surface area contributed by atoms with Gasteiger partial charge < -0.3 is 0 Å². The molecule has 0 fully saturated rings. The van der Waals surface area contributed by atoms with Gasteiger partial charge in [0.1, 0.15) is 0 Å². The predicted molar refractivity (Wildman–Crippen MR) is 74.5 cm³/mol. The number of hydrogen-bond acceptors (Lipinski definition) is 1. The number of hydrogen-bond donors (Lipinski definition) is 0. The zero-order valence-corrected chi connectivity index (χ0v) is 11.3. The standard InChI is InChI=1S/C14H13BrS/c15-11-10-12-6-8-14(9-7-12)16-13-4-2-1-3-5-13/h1-9H,10-11H2. The second kappa shape index (κ2) is 6.12. The molecule has 0 radical (unpaired) electrons. The highest BCUT2D eigenvalue weighted by Gasteiger charge is 1.97. The third-order valence-electron chi connectivity index (χ3n) is 2.29. The molecule has 0 N–H and O–H groups in total. The number of halogens is 1. The Balaban J connectivity index is 2.05. The van der Waals surface area contributed by atoms with Crippen LogP contribution in [0.4, 0.5) is 0 Å². The first-order chi connectivity index (χ1) is 7.88. The van der Waals surface area contributed by atoms with Gasteiger partial charge in [-0.2, -0.15) is 0 Å². The van der Waals surface area contributed by atoms with Crippen molar-refractivity contribution in [3.63, 3.8) is 0 Å². The first kappa shape index (κ1) is 11.7. The minimum Gasteiger partial charge on any atom is -0.0924 e. The van der Waals surface area contributed by atoms with Crippen LogP contribution in [0.3, 0.4) is 0 Å². The molecular weight excluding hydrogens is 280 g/mol. The molecule has 0 unspecified atom stereocenters. The lowest BCUT2D eigenvalue weighted by molar-refractivity contribution is 1.16. The lowest BCUT2D eigenvalue weighted by atomic mass is 10.2. The van der Waals surface area contributed by atoms with Gasteiger partial charge in [-0.25, -0.2) is 0 Å². The molecule has 16 heavy (non-hydrogen) atoms. The zero-order valence-electron chi connectivity index (χ0n) is 8.90. The molecule has 2 rings (SSSR count). The van der Waals surface area contributed by atoms with Crippen molar-refractivity contribution in [1.29, 1.82) is 0 Å². The fraction of sp³-hybridized carbons (Fsp3) is 0.143. The summed E-state index contributed by atoms with van der Waals surface area (Å²) >= 11 is 5.26. The molecule has 0 amide bonds. The average Bonchev–Trinajstić information content (AvgIpc) is 2.33. The molecule has 0 atom stereocenters. The van der Waals surface area contributed by atoms with E-state index in [0.717, 1.165) is 11.8 Å². The Kier molecular flexibility index (Phi) is 4.49. The van der Waals surface area contributed by atoms with Crippen molar-refractivity contribution in [2.75, 3.05) is 5.33 Å². The number of rotatable bonds is 4. The Morgan fingerprint density at radius 3 is 2.06 bits per heavy atom. The van der Waals surface area contributed by atoms with E-state index in [1.54, 1.807) is 11.8 Å². The van der Waals surface area contributed by atoms with Gasteiger partial charge in [0.15, 0.2) is 0 Å². The number of benzene rings is 2. The SMILES string of the molecule is BrCCc1ccc(Sc2ccccc2)cc1. The van der Waals surface area contributed by atoms with Gasteiger partial charge in [0.25, 0.3) is 0 Å². The van der Waals surface area contributed by atoms with E-state index in [1.807, 2.05) is 6.07 Å². The highest BCUT2D eigenvalue weighted by Crippen LogP contribution is 2.27. The molecule has 0 nitrogen and oxygen atoms in total. The van der Waals surface area contributed by atoms with E-state index >= 15 is 0 Å². The summed E-state index contributed by atoms with van der Waals surface area (Å²) in [5.41, 5.74) is 1.38. The smallest absolute Gasteiger partial charge is 0.0122 e. The van der Waals surface area contributed by atoms with Crippen LogP contribution in [0.15, 0.2) is 64.4 Å². The van der Waals surface area contributed by atoms with Gasteiger partial charge >= 0.3 is 0 Å². The summed E-state index contributed by atoms with van der Waals surface area (Å²) in [7, 11) is 0. The lowest BCUT2D eigenvalue weighted by Crippen LogP contribution is -1.84. The Morgan fingerprint density at radius 1 is 0.812 bits per heavy atom. The van der Waals surface area contributed by atoms with Gasteiger partial charge in [-0.15, -0.1) is 0 Å². The van der Waals surface area contributed by atoms with Gasteiger partial charge in [0, 0.05) is 15.1 Å². The van der Waals surface area contributed by atoms with Gasteiger partial charge in [-0.3, -0.25) is 0 Å². The highest BCUT2D eigenvalue weighted by molar-refractivity contribution is 9.09. The van der Waals surface area contributed by atoms with Gasteiger partial charge in [0.2, 0.25) is 0 Å². The number of aryl methyl sites for hydroxylation is 1. The van der Waals surface area contributed by atoms with Crippen molar-refractivity contribution >= 4 is 27.7 Å². The zero-order chi connectivity index (χ0) is 11.2. The Labute approximate surface area is 109 Å². The molecule has 0 aliphatic heterocycles. The van der Waals surface area contributed by atoms with Crippen LogP contribution in [0.1, 0.15) is 5.56 Å². The van der Waals surface area contributed by atoms with E-state index in [4.69, 9.17) is 0 Å². The van der Waals surface area contributed by atoms with Crippen molar-refractivity contribution in [2.24, 2.45) is 0 Å². The van der Waals surface area contributed by atoms with Crippen LogP contribution in [0, 0.1) is 0 Å². The molecular formula is C14H13BrS. The van der Waals surface area contributed by atoms with Crippen molar-refractivity contribution in [3.8, 4) is 0 Å². The molecule has 82 valence electrons. The van der Waals surface area contributed by atoms with Crippen molar-refractivity contribution in [3.05, 3.63) is 60.2 Å². The first-order valence-corrected chi connectivity index (χ1v) is 7.20. The number of alkyl halides is 1. The van der Waals surface area contributed by atoms with Crippen molar-refractivity contribution in [1.82, 2.24) is 0 Å². The normalized spacial score (nSPS) is 10.3. The second-order valence-electron chi connectivity index (χ2n) is 3.50. The molecule has 0 saturated heterocycles. The van der Waals surface area contributed by atoms with E-state index < -0.39 is 0 Å². The fourth-order valence-corrected chi connectivity index (χ4v) is 2.75. The summed E-state index contributed by atoms with van der Waals surface area (Å²) in [5, 5.41) is 1.03. The largest absolute Gasteiger partial charge is 0.0924 e. The molecule has 2 heteroatoms. The molecule has 2 aromatic carbocycles. The lowest BCUT2D eigenvalue weighted by Gasteiger charge is -2.03. The van der Waals surface area contributed by atoms with Crippen LogP contribution < -0.4 is 0 Å². The third kappa shape index (κ3) is 3.39. The molecule has 0 spiro atoms. The predicted octanol–water partition coefficient (Wildman–Crippen LogP) is 4.78. The maximum absolute atomic E-state index is 3.45. The topological polar surface area (TPSA) is 0 Å². The van der Waals surface area contributed by atoms with Gasteiger partial charge in [0.05, 0.1) is 0 Å². The Bertz CT molecular complexity index is 422. The van der Waals surface area contributed by atoms with E-state index in [9.17, 15) is 0 Å². The van der Waals surface area contributed by atoms with Crippen LogP contribution in [0.2, 0.25) is 0 Å². The minimum absolute atomic E-state index is 1.03. The summed E-state index contributed by atoms with van der Waals surface area (Å²) in [6, 6.07) is 19.2. The maximum Gasteiger partial charge on any atom is 0.0122 e. The molecule has 0 saturated carbocycles. The van der Waals surface area contributed by atoms with E-state index in [0.29, 0.717) is 0 Å². The molecule has 0 aliphatic rings.